The van der Waals surface area contributed by atoms with Crippen molar-refractivity contribution in [3.05, 3.63) is 97.0 Å². The number of aryl methyl sites for hydroxylation is 2. The summed E-state index contributed by atoms with van der Waals surface area (Å²) in [5.41, 5.74) is 4.47. The van der Waals surface area contributed by atoms with E-state index >= 15 is 0 Å². The van der Waals surface area contributed by atoms with Gasteiger partial charge in [-0.25, -0.2) is 4.79 Å². The van der Waals surface area contributed by atoms with Crippen molar-refractivity contribution in [2.45, 2.75) is 20.5 Å². The molecule has 38 heavy (non-hydrogen) atoms. The van der Waals surface area contributed by atoms with Gasteiger partial charge in [0, 0.05) is 5.69 Å². The highest BCUT2D eigenvalue weighted by atomic mass is 127. The summed E-state index contributed by atoms with van der Waals surface area (Å²) >= 11 is 2.91. The van der Waals surface area contributed by atoms with Crippen LogP contribution in [0.25, 0.3) is 6.08 Å². The molecule has 2 N–H and O–H groups in total. The van der Waals surface area contributed by atoms with Crippen molar-refractivity contribution in [3.63, 3.8) is 0 Å². The third-order valence-corrected chi connectivity index (χ3v) is 7.57. The molecule has 0 bridgehead atoms. The Morgan fingerprint density at radius 2 is 1.76 bits per heavy atom. The van der Waals surface area contributed by atoms with Gasteiger partial charge >= 0.3 is 5.97 Å². The highest BCUT2D eigenvalue weighted by molar-refractivity contribution is 14.1. The predicted molar refractivity (Wildman–Crippen MR) is 154 cm³/mol. The molecular weight excluding hydrogens is 619 g/mol. The van der Waals surface area contributed by atoms with Crippen molar-refractivity contribution in [1.82, 2.24) is 4.90 Å². The number of rotatable bonds is 8. The molecule has 3 aromatic carbocycles. The molecular formula is C28H23IN2O6S. The zero-order valence-electron chi connectivity index (χ0n) is 20.5. The first-order chi connectivity index (χ1) is 18.1. The third kappa shape index (κ3) is 6.62. The van der Waals surface area contributed by atoms with Gasteiger partial charge in [0.2, 0.25) is 5.91 Å². The lowest BCUT2D eigenvalue weighted by atomic mass is 10.1. The maximum atomic E-state index is 12.9. The van der Waals surface area contributed by atoms with Gasteiger partial charge in [0.05, 0.1) is 14.0 Å². The number of nitrogens with zero attached hydrogens (tertiary/aromatic N) is 1. The van der Waals surface area contributed by atoms with Gasteiger partial charge in [-0.1, -0.05) is 24.3 Å². The molecule has 0 spiro atoms. The number of imide groups is 1. The van der Waals surface area contributed by atoms with Crippen molar-refractivity contribution in [3.8, 4) is 5.75 Å². The zero-order valence-corrected chi connectivity index (χ0v) is 23.5. The lowest BCUT2D eigenvalue weighted by Gasteiger charge is -2.13. The van der Waals surface area contributed by atoms with Crippen LogP contribution in [0.15, 0.2) is 65.6 Å². The number of hydrogen-bond donors (Lipinski definition) is 2. The summed E-state index contributed by atoms with van der Waals surface area (Å²) in [6.07, 6.45) is 1.61. The number of anilines is 1. The Morgan fingerprint density at radius 1 is 1.03 bits per heavy atom. The molecule has 0 unspecified atom stereocenters. The lowest BCUT2D eigenvalue weighted by molar-refractivity contribution is -0.127. The van der Waals surface area contributed by atoms with Crippen LogP contribution < -0.4 is 10.1 Å². The van der Waals surface area contributed by atoms with Crippen LogP contribution in [0.3, 0.4) is 0 Å². The van der Waals surface area contributed by atoms with Crippen molar-refractivity contribution in [2.75, 3.05) is 11.9 Å². The van der Waals surface area contributed by atoms with Gasteiger partial charge in [0.1, 0.15) is 18.9 Å². The van der Waals surface area contributed by atoms with Gasteiger partial charge in [0.25, 0.3) is 11.1 Å². The molecule has 1 heterocycles. The fourth-order valence-electron chi connectivity index (χ4n) is 3.58. The summed E-state index contributed by atoms with van der Waals surface area (Å²) in [4.78, 5) is 50.0. The molecule has 0 aromatic heterocycles. The van der Waals surface area contributed by atoms with Crippen LogP contribution in [0.4, 0.5) is 10.5 Å². The molecule has 3 amide bonds. The van der Waals surface area contributed by atoms with Gasteiger partial charge in [-0.05, 0) is 113 Å². The smallest absolute Gasteiger partial charge is 0.335 e. The van der Waals surface area contributed by atoms with Crippen LogP contribution in [0.5, 0.6) is 5.75 Å². The van der Waals surface area contributed by atoms with E-state index in [1.54, 1.807) is 36.4 Å². The number of aromatic carboxylic acids is 1. The van der Waals surface area contributed by atoms with Crippen molar-refractivity contribution >= 4 is 69.1 Å². The minimum Gasteiger partial charge on any atom is -0.488 e. The second kappa shape index (κ2) is 11.8. The molecule has 194 valence electrons. The first-order valence-electron chi connectivity index (χ1n) is 11.5. The van der Waals surface area contributed by atoms with E-state index < -0.39 is 23.0 Å². The monoisotopic (exact) mass is 642 g/mol. The first kappa shape index (κ1) is 27.4. The average molecular weight is 642 g/mol. The van der Waals surface area contributed by atoms with E-state index in [0.717, 1.165) is 36.9 Å². The largest absolute Gasteiger partial charge is 0.488 e. The van der Waals surface area contributed by atoms with E-state index in [-0.39, 0.29) is 23.6 Å². The number of thioether (sulfide) groups is 1. The summed E-state index contributed by atoms with van der Waals surface area (Å²) in [7, 11) is 0. The van der Waals surface area contributed by atoms with Gasteiger partial charge in [-0.2, -0.15) is 0 Å². The van der Waals surface area contributed by atoms with E-state index in [1.807, 2.05) is 32.0 Å². The second-order valence-electron chi connectivity index (χ2n) is 8.60. The molecule has 0 atom stereocenters. The number of carboxylic acids is 1. The fourth-order valence-corrected chi connectivity index (χ4v) is 5.11. The number of hydrogen-bond acceptors (Lipinski definition) is 6. The topological polar surface area (TPSA) is 113 Å². The molecule has 0 saturated carbocycles. The van der Waals surface area contributed by atoms with E-state index in [2.05, 4.69) is 27.9 Å². The van der Waals surface area contributed by atoms with Crippen LogP contribution in [-0.4, -0.2) is 39.6 Å². The van der Waals surface area contributed by atoms with Crippen molar-refractivity contribution in [1.29, 1.82) is 0 Å². The molecule has 1 aliphatic rings. The van der Waals surface area contributed by atoms with Crippen molar-refractivity contribution in [2.24, 2.45) is 0 Å². The van der Waals surface area contributed by atoms with Crippen LogP contribution in [-0.2, 0) is 16.2 Å². The Kier molecular flexibility index (Phi) is 8.52. The summed E-state index contributed by atoms with van der Waals surface area (Å²) in [6, 6.07) is 17.3. The molecule has 10 heteroatoms. The Bertz CT molecular complexity index is 1470. The number of carboxylic acid groups (broad SMARTS) is 1. The van der Waals surface area contributed by atoms with E-state index in [4.69, 9.17) is 9.84 Å². The second-order valence-corrected chi connectivity index (χ2v) is 10.8. The number of nitrogens with one attached hydrogen (secondary N) is 1. The molecule has 4 rings (SSSR count). The van der Waals surface area contributed by atoms with E-state index in [9.17, 15) is 19.2 Å². The Hall–Kier alpha value is -3.64. The summed E-state index contributed by atoms with van der Waals surface area (Å²) in [5.74, 6) is -1.33. The highest BCUT2D eigenvalue weighted by Crippen LogP contribution is 2.33. The summed E-state index contributed by atoms with van der Waals surface area (Å²) in [6.45, 7) is 3.80. The number of carbonyl (C=O) groups excluding carboxylic acids is 3. The maximum Gasteiger partial charge on any atom is 0.335 e. The normalized spacial score (nSPS) is 14.2. The van der Waals surface area contributed by atoms with Crippen LogP contribution in [0.2, 0.25) is 0 Å². The van der Waals surface area contributed by atoms with E-state index in [1.165, 1.54) is 12.1 Å². The minimum atomic E-state index is -0.985. The number of amides is 3. The standard InChI is InChI=1S/C28H23IN2O6S/c1-16-3-9-21(11-17(16)2)30-25(32)14-31-26(33)24(38-28(31)36)13-19-6-10-23(22(29)12-19)37-15-18-4-7-20(8-5-18)27(34)35/h3-13H,14-15H2,1-2H3,(H,30,32)(H,34,35)/b24-13+. The lowest BCUT2D eigenvalue weighted by Crippen LogP contribution is -2.36. The molecule has 0 radical (unpaired) electrons. The molecule has 8 nitrogen and oxygen atoms in total. The van der Waals surface area contributed by atoms with E-state index in [0.29, 0.717) is 17.0 Å². The Balaban J connectivity index is 1.38. The van der Waals surface area contributed by atoms with Crippen LogP contribution >= 0.6 is 34.4 Å². The zero-order chi connectivity index (χ0) is 27.4. The molecule has 0 aliphatic carbocycles. The number of halogens is 1. The Labute approximate surface area is 237 Å². The quantitative estimate of drug-likeness (QED) is 0.234. The van der Waals surface area contributed by atoms with Crippen molar-refractivity contribution < 1.29 is 29.0 Å². The van der Waals surface area contributed by atoms with Gasteiger partial charge in [0.15, 0.2) is 0 Å². The number of carbonyl (C=O) groups is 4. The number of benzene rings is 3. The van der Waals surface area contributed by atoms with Gasteiger partial charge in [-0.3, -0.25) is 19.3 Å². The molecule has 1 saturated heterocycles. The third-order valence-electron chi connectivity index (χ3n) is 5.81. The summed E-state index contributed by atoms with van der Waals surface area (Å²) < 4.78 is 6.65. The maximum absolute atomic E-state index is 12.9. The average Bonchev–Trinajstić information content (AvgIpc) is 3.13. The van der Waals surface area contributed by atoms with Gasteiger partial charge < -0.3 is 15.2 Å². The molecule has 1 fully saturated rings. The van der Waals surface area contributed by atoms with Gasteiger partial charge in [-0.15, -0.1) is 0 Å². The SMILES string of the molecule is Cc1ccc(NC(=O)CN2C(=O)S/C(=C/c3ccc(OCc4ccc(C(=O)O)cc4)c(I)c3)C2=O)cc1C. The Morgan fingerprint density at radius 3 is 2.42 bits per heavy atom. The summed E-state index contributed by atoms with van der Waals surface area (Å²) in [5, 5.41) is 11.2. The number of ether oxygens (including phenoxy) is 1. The van der Waals surface area contributed by atoms with Crippen LogP contribution in [0, 0.1) is 17.4 Å². The molecule has 3 aromatic rings. The highest BCUT2D eigenvalue weighted by Gasteiger charge is 2.36. The molecule has 1 aliphatic heterocycles. The minimum absolute atomic E-state index is 0.207. The van der Waals surface area contributed by atoms with Crippen LogP contribution in [0.1, 0.15) is 32.6 Å². The predicted octanol–water partition coefficient (Wildman–Crippen LogP) is 5.86. The fraction of sp³-hybridized carbons (Fsp3) is 0.143. The first-order valence-corrected chi connectivity index (χ1v) is 13.4.